The molecule has 1 rings (SSSR count). The van der Waals surface area contributed by atoms with Crippen LogP contribution in [0.2, 0.25) is 0 Å². The maximum Gasteiger partial charge on any atom is 0.151 e. The number of aliphatic hydroxyl groups is 3. The van der Waals surface area contributed by atoms with Crippen LogP contribution in [0, 0.1) is 0 Å². The third-order valence-electron chi connectivity index (χ3n) is 2.34. The first-order valence-corrected chi connectivity index (χ1v) is 5.27. The summed E-state index contributed by atoms with van der Waals surface area (Å²) in [6.45, 7) is -0.473. The highest BCUT2D eigenvalue weighted by Crippen LogP contribution is 2.07. The first-order chi connectivity index (χ1) is 8.19. The quantitative estimate of drug-likeness (QED) is 0.558. The van der Waals surface area contributed by atoms with Crippen molar-refractivity contribution in [2.75, 3.05) is 6.61 Å². The van der Waals surface area contributed by atoms with Gasteiger partial charge in [0.2, 0.25) is 0 Å². The molecule has 0 aliphatic rings. The molecule has 0 aliphatic carbocycles. The Morgan fingerprint density at radius 2 is 1.88 bits per heavy atom. The standard InChI is InChI=1S/C12H16O5/c13-6-10(15)12(16)11(7-14)17-8-9-4-2-1-3-5-9/h1-5,7,10-13,15-16H,6,8H2/t10?,11-,12-/m0/s1. The third kappa shape index (κ3) is 4.24. The van der Waals surface area contributed by atoms with Gasteiger partial charge in [0.25, 0.3) is 0 Å². The number of aliphatic hydroxyl groups excluding tert-OH is 3. The number of carbonyl (C=O) groups is 1. The topological polar surface area (TPSA) is 87.0 Å². The molecule has 0 saturated heterocycles. The average Bonchev–Trinajstić information content (AvgIpc) is 2.39. The fourth-order valence-electron chi connectivity index (χ4n) is 1.31. The van der Waals surface area contributed by atoms with E-state index >= 15 is 0 Å². The fourth-order valence-corrected chi connectivity index (χ4v) is 1.31. The molecule has 1 unspecified atom stereocenters. The summed E-state index contributed by atoms with van der Waals surface area (Å²) < 4.78 is 5.17. The molecule has 3 N–H and O–H groups in total. The molecular weight excluding hydrogens is 224 g/mol. The summed E-state index contributed by atoms with van der Waals surface area (Å²) >= 11 is 0. The molecule has 5 nitrogen and oxygen atoms in total. The van der Waals surface area contributed by atoms with E-state index in [0.29, 0.717) is 6.29 Å². The molecule has 0 aliphatic heterocycles. The molecular formula is C12H16O5. The van der Waals surface area contributed by atoms with E-state index in [1.165, 1.54) is 0 Å². The summed E-state index contributed by atoms with van der Waals surface area (Å²) in [6, 6.07) is 9.14. The van der Waals surface area contributed by atoms with Crippen LogP contribution in [0.5, 0.6) is 0 Å². The van der Waals surface area contributed by atoms with E-state index in [4.69, 9.17) is 9.84 Å². The minimum atomic E-state index is -1.43. The van der Waals surface area contributed by atoms with Gasteiger partial charge in [-0.25, -0.2) is 0 Å². The number of rotatable bonds is 7. The molecule has 3 atom stereocenters. The highest BCUT2D eigenvalue weighted by molar-refractivity contribution is 5.57. The van der Waals surface area contributed by atoms with Gasteiger partial charge in [0.1, 0.15) is 18.3 Å². The maximum absolute atomic E-state index is 10.7. The molecule has 0 saturated carbocycles. The zero-order valence-corrected chi connectivity index (χ0v) is 9.27. The molecule has 0 amide bonds. The monoisotopic (exact) mass is 240 g/mol. The molecule has 17 heavy (non-hydrogen) atoms. The van der Waals surface area contributed by atoms with Gasteiger partial charge in [-0.15, -0.1) is 0 Å². The van der Waals surface area contributed by atoms with E-state index in [0.717, 1.165) is 5.56 Å². The SMILES string of the molecule is O=C[C@H](OCc1ccccc1)[C@@H](O)C(O)CO. The second-order valence-corrected chi connectivity index (χ2v) is 3.64. The van der Waals surface area contributed by atoms with E-state index in [9.17, 15) is 15.0 Å². The Bertz CT molecular complexity index is 327. The van der Waals surface area contributed by atoms with Gasteiger partial charge < -0.3 is 24.9 Å². The van der Waals surface area contributed by atoms with E-state index in [1.807, 2.05) is 30.3 Å². The van der Waals surface area contributed by atoms with Crippen molar-refractivity contribution in [2.45, 2.75) is 24.9 Å². The van der Waals surface area contributed by atoms with Crippen molar-refractivity contribution >= 4 is 6.29 Å². The number of aldehydes is 1. The lowest BCUT2D eigenvalue weighted by molar-refractivity contribution is -0.138. The molecule has 1 aromatic rings. The van der Waals surface area contributed by atoms with Crippen LogP contribution < -0.4 is 0 Å². The summed E-state index contributed by atoms with van der Waals surface area (Å²) in [5.41, 5.74) is 0.852. The minimum absolute atomic E-state index is 0.152. The lowest BCUT2D eigenvalue weighted by Crippen LogP contribution is -2.41. The number of ether oxygens (including phenoxy) is 1. The Hall–Kier alpha value is -1.27. The molecule has 0 spiro atoms. The molecule has 0 aromatic heterocycles. The normalized spacial score (nSPS) is 16.2. The summed E-state index contributed by atoms with van der Waals surface area (Å²) in [4.78, 5) is 10.7. The number of benzene rings is 1. The zero-order chi connectivity index (χ0) is 12.7. The van der Waals surface area contributed by atoms with Crippen molar-refractivity contribution in [1.82, 2.24) is 0 Å². The second kappa shape index (κ2) is 7.13. The summed E-state index contributed by atoms with van der Waals surface area (Å²) in [7, 11) is 0. The Morgan fingerprint density at radius 3 is 2.41 bits per heavy atom. The van der Waals surface area contributed by atoms with Crippen molar-refractivity contribution in [3.8, 4) is 0 Å². The average molecular weight is 240 g/mol. The number of carbonyl (C=O) groups excluding carboxylic acids is 1. The van der Waals surface area contributed by atoms with E-state index < -0.39 is 24.9 Å². The van der Waals surface area contributed by atoms with E-state index in [-0.39, 0.29) is 6.61 Å². The third-order valence-corrected chi connectivity index (χ3v) is 2.34. The molecule has 94 valence electrons. The van der Waals surface area contributed by atoms with Crippen LogP contribution in [0.1, 0.15) is 5.56 Å². The van der Waals surface area contributed by atoms with Crippen molar-refractivity contribution in [2.24, 2.45) is 0 Å². The van der Waals surface area contributed by atoms with Crippen molar-refractivity contribution in [1.29, 1.82) is 0 Å². The van der Waals surface area contributed by atoms with Gasteiger partial charge in [0, 0.05) is 0 Å². The van der Waals surface area contributed by atoms with Crippen molar-refractivity contribution in [3.05, 3.63) is 35.9 Å². The fraction of sp³-hybridized carbons (Fsp3) is 0.417. The van der Waals surface area contributed by atoms with E-state index in [2.05, 4.69) is 0 Å². The van der Waals surface area contributed by atoms with Gasteiger partial charge in [-0.3, -0.25) is 0 Å². The Morgan fingerprint density at radius 1 is 1.24 bits per heavy atom. The molecule has 1 aromatic carbocycles. The van der Waals surface area contributed by atoms with Crippen molar-refractivity contribution < 1.29 is 24.9 Å². The summed E-state index contributed by atoms with van der Waals surface area (Å²) in [5, 5.41) is 27.3. The van der Waals surface area contributed by atoms with Crippen LogP contribution in [0.15, 0.2) is 30.3 Å². The molecule has 0 heterocycles. The van der Waals surface area contributed by atoms with Crippen LogP contribution in [0.25, 0.3) is 0 Å². The Labute approximate surface area is 99.3 Å². The smallest absolute Gasteiger partial charge is 0.151 e. The predicted octanol–water partition coefficient (Wildman–Crippen LogP) is -0.515. The molecule has 0 radical (unpaired) electrons. The maximum atomic E-state index is 10.7. The highest BCUT2D eigenvalue weighted by Gasteiger charge is 2.26. The second-order valence-electron chi connectivity index (χ2n) is 3.64. The van der Waals surface area contributed by atoms with Crippen LogP contribution >= 0.6 is 0 Å². The van der Waals surface area contributed by atoms with Crippen LogP contribution in [0.4, 0.5) is 0 Å². The summed E-state index contributed by atoms with van der Waals surface area (Å²) in [6.07, 6.45) is -3.56. The predicted molar refractivity (Wildman–Crippen MR) is 60.2 cm³/mol. The van der Waals surface area contributed by atoms with Gasteiger partial charge >= 0.3 is 0 Å². The van der Waals surface area contributed by atoms with Gasteiger partial charge in [-0.05, 0) is 5.56 Å². The van der Waals surface area contributed by atoms with Crippen LogP contribution in [-0.2, 0) is 16.1 Å². The molecule has 0 fully saturated rings. The van der Waals surface area contributed by atoms with Gasteiger partial charge in [0.15, 0.2) is 6.29 Å². The lowest BCUT2D eigenvalue weighted by atomic mass is 10.1. The van der Waals surface area contributed by atoms with E-state index in [1.54, 1.807) is 0 Å². The van der Waals surface area contributed by atoms with Gasteiger partial charge in [0.05, 0.1) is 13.2 Å². The number of hydrogen-bond acceptors (Lipinski definition) is 5. The molecule has 5 heteroatoms. The zero-order valence-electron chi connectivity index (χ0n) is 9.27. The highest BCUT2D eigenvalue weighted by atomic mass is 16.5. The van der Waals surface area contributed by atoms with Crippen LogP contribution in [-0.4, -0.2) is 46.5 Å². The van der Waals surface area contributed by atoms with Gasteiger partial charge in [-0.2, -0.15) is 0 Å². The Balaban J connectivity index is 2.50. The first-order valence-electron chi connectivity index (χ1n) is 5.27. The lowest BCUT2D eigenvalue weighted by Gasteiger charge is -2.21. The number of hydrogen-bond donors (Lipinski definition) is 3. The van der Waals surface area contributed by atoms with Gasteiger partial charge in [-0.1, -0.05) is 30.3 Å². The minimum Gasteiger partial charge on any atom is -0.394 e. The Kier molecular flexibility index (Phi) is 5.79. The van der Waals surface area contributed by atoms with Crippen molar-refractivity contribution in [3.63, 3.8) is 0 Å². The first kappa shape index (κ1) is 13.8. The molecule has 0 bridgehead atoms. The summed E-state index contributed by atoms with van der Waals surface area (Å²) in [5.74, 6) is 0. The van der Waals surface area contributed by atoms with Crippen LogP contribution in [0.3, 0.4) is 0 Å². The largest absolute Gasteiger partial charge is 0.394 e.